The number of nitrogens with one attached hydrogen (secondary N) is 1. The second-order valence-electron chi connectivity index (χ2n) is 4.52. The summed E-state index contributed by atoms with van der Waals surface area (Å²) in [6.45, 7) is 3.61. The molecular formula is C14H21NO3S. The van der Waals surface area contributed by atoms with Gasteiger partial charge in [0.2, 0.25) is 5.91 Å². The Morgan fingerprint density at radius 1 is 1.37 bits per heavy atom. The largest absolute Gasteiger partial charge is 0.497 e. The van der Waals surface area contributed by atoms with Crippen molar-refractivity contribution in [3.63, 3.8) is 0 Å². The van der Waals surface area contributed by atoms with E-state index in [4.69, 9.17) is 4.74 Å². The Labute approximate surface area is 118 Å². The molecule has 0 aromatic heterocycles. The molecule has 0 aliphatic rings. The van der Waals surface area contributed by atoms with Crippen LogP contribution in [0.25, 0.3) is 0 Å². The van der Waals surface area contributed by atoms with Crippen molar-refractivity contribution in [2.24, 2.45) is 0 Å². The lowest BCUT2D eigenvalue weighted by molar-refractivity contribution is -0.119. The number of methoxy groups -OCH3 is 1. The molecular weight excluding hydrogens is 262 g/mol. The van der Waals surface area contributed by atoms with Crippen molar-refractivity contribution in [2.75, 3.05) is 12.9 Å². The predicted molar refractivity (Wildman–Crippen MR) is 77.6 cm³/mol. The predicted octanol–water partition coefficient (Wildman–Crippen LogP) is 2.06. The van der Waals surface area contributed by atoms with Crippen LogP contribution in [0.3, 0.4) is 0 Å². The standard InChI is InChI=1S/C14H21NO3S/c1-10(8-11(2)16)15-14(17)9-19-13-6-4-12(18-3)5-7-13/h4-7,10-11,16H,8-9H2,1-3H3,(H,15,17). The van der Waals surface area contributed by atoms with Gasteiger partial charge in [0.15, 0.2) is 0 Å². The van der Waals surface area contributed by atoms with E-state index in [9.17, 15) is 9.90 Å². The van der Waals surface area contributed by atoms with Crippen LogP contribution >= 0.6 is 11.8 Å². The number of ether oxygens (including phenoxy) is 1. The number of thioether (sulfide) groups is 1. The van der Waals surface area contributed by atoms with E-state index in [1.54, 1.807) is 14.0 Å². The first kappa shape index (κ1) is 15.9. The van der Waals surface area contributed by atoms with Crippen molar-refractivity contribution in [1.29, 1.82) is 0 Å². The maximum absolute atomic E-state index is 11.7. The van der Waals surface area contributed by atoms with E-state index in [2.05, 4.69) is 5.32 Å². The van der Waals surface area contributed by atoms with E-state index < -0.39 is 6.10 Å². The topological polar surface area (TPSA) is 58.6 Å². The zero-order valence-electron chi connectivity index (χ0n) is 11.6. The Hall–Kier alpha value is -1.20. The van der Waals surface area contributed by atoms with Gasteiger partial charge in [0.25, 0.3) is 0 Å². The highest BCUT2D eigenvalue weighted by atomic mass is 32.2. The summed E-state index contributed by atoms with van der Waals surface area (Å²) in [5, 5.41) is 12.1. The molecule has 0 fully saturated rings. The third kappa shape index (κ3) is 6.50. The van der Waals surface area contributed by atoms with E-state index >= 15 is 0 Å². The maximum Gasteiger partial charge on any atom is 0.230 e. The molecule has 2 N–H and O–H groups in total. The van der Waals surface area contributed by atoms with Crippen molar-refractivity contribution in [2.45, 2.75) is 37.3 Å². The van der Waals surface area contributed by atoms with Crippen LogP contribution in [0.15, 0.2) is 29.2 Å². The number of carbonyl (C=O) groups is 1. The molecule has 1 rings (SSSR count). The second kappa shape index (κ2) is 8.07. The average molecular weight is 283 g/mol. The first-order valence-electron chi connectivity index (χ1n) is 6.25. The highest BCUT2D eigenvalue weighted by molar-refractivity contribution is 8.00. The molecule has 5 heteroatoms. The van der Waals surface area contributed by atoms with Gasteiger partial charge in [-0.1, -0.05) is 0 Å². The number of hydrogen-bond donors (Lipinski definition) is 2. The molecule has 0 bridgehead atoms. The summed E-state index contributed by atoms with van der Waals surface area (Å²) < 4.78 is 5.07. The van der Waals surface area contributed by atoms with Crippen LogP contribution < -0.4 is 10.1 Å². The Morgan fingerprint density at radius 3 is 2.53 bits per heavy atom. The molecule has 1 aromatic rings. The molecule has 4 nitrogen and oxygen atoms in total. The van der Waals surface area contributed by atoms with E-state index in [0.717, 1.165) is 10.6 Å². The Balaban J connectivity index is 2.33. The summed E-state index contributed by atoms with van der Waals surface area (Å²) in [6, 6.07) is 7.59. The number of hydrogen-bond acceptors (Lipinski definition) is 4. The molecule has 1 aromatic carbocycles. The van der Waals surface area contributed by atoms with Gasteiger partial charge in [0.1, 0.15) is 5.75 Å². The van der Waals surface area contributed by atoms with Crippen LogP contribution in [0, 0.1) is 0 Å². The second-order valence-corrected chi connectivity index (χ2v) is 5.57. The average Bonchev–Trinajstić information content (AvgIpc) is 2.36. The first-order chi connectivity index (χ1) is 9.01. The highest BCUT2D eigenvalue weighted by Crippen LogP contribution is 2.20. The number of aliphatic hydroxyl groups excluding tert-OH is 1. The minimum atomic E-state index is -0.399. The van der Waals surface area contributed by atoms with Crippen molar-refractivity contribution in [3.05, 3.63) is 24.3 Å². The zero-order chi connectivity index (χ0) is 14.3. The summed E-state index contributed by atoms with van der Waals surface area (Å²) in [5.74, 6) is 1.16. The van der Waals surface area contributed by atoms with Gasteiger partial charge < -0.3 is 15.2 Å². The van der Waals surface area contributed by atoms with Crippen LogP contribution in [0.2, 0.25) is 0 Å². The fraction of sp³-hybridized carbons (Fsp3) is 0.500. The van der Waals surface area contributed by atoms with Crippen molar-refractivity contribution in [1.82, 2.24) is 5.32 Å². The Bertz CT molecular complexity index is 392. The lowest BCUT2D eigenvalue weighted by Gasteiger charge is -2.15. The van der Waals surface area contributed by atoms with Crippen LogP contribution in [0.5, 0.6) is 5.75 Å². The lowest BCUT2D eigenvalue weighted by Crippen LogP contribution is -2.35. The van der Waals surface area contributed by atoms with Gasteiger partial charge >= 0.3 is 0 Å². The number of benzene rings is 1. The van der Waals surface area contributed by atoms with E-state index in [1.165, 1.54) is 11.8 Å². The number of carbonyl (C=O) groups excluding carboxylic acids is 1. The van der Waals surface area contributed by atoms with Gasteiger partial charge in [-0.05, 0) is 44.5 Å². The van der Waals surface area contributed by atoms with Crippen LogP contribution in [0.1, 0.15) is 20.3 Å². The molecule has 2 atom stereocenters. The van der Waals surface area contributed by atoms with Gasteiger partial charge in [0.05, 0.1) is 19.0 Å². The third-order valence-electron chi connectivity index (χ3n) is 2.53. The van der Waals surface area contributed by atoms with E-state index in [0.29, 0.717) is 12.2 Å². The summed E-state index contributed by atoms with van der Waals surface area (Å²) in [5.41, 5.74) is 0. The van der Waals surface area contributed by atoms with Crippen molar-refractivity contribution in [3.8, 4) is 5.75 Å². The molecule has 0 spiro atoms. The molecule has 0 saturated heterocycles. The molecule has 0 heterocycles. The molecule has 0 radical (unpaired) electrons. The van der Waals surface area contributed by atoms with Gasteiger partial charge in [-0.3, -0.25) is 4.79 Å². The maximum atomic E-state index is 11.7. The third-order valence-corrected chi connectivity index (χ3v) is 3.54. The molecule has 2 unspecified atom stereocenters. The molecule has 19 heavy (non-hydrogen) atoms. The smallest absolute Gasteiger partial charge is 0.230 e. The summed E-state index contributed by atoms with van der Waals surface area (Å²) in [6.07, 6.45) is 0.170. The number of aliphatic hydroxyl groups is 1. The monoisotopic (exact) mass is 283 g/mol. The van der Waals surface area contributed by atoms with Gasteiger partial charge in [-0.2, -0.15) is 0 Å². The first-order valence-corrected chi connectivity index (χ1v) is 7.24. The Kier molecular flexibility index (Phi) is 6.73. The summed E-state index contributed by atoms with van der Waals surface area (Å²) in [7, 11) is 1.62. The molecule has 0 aliphatic carbocycles. The fourth-order valence-corrected chi connectivity index (χ4v) is 2.42. The number of rotatable bonds is 7. The van der Waals surface area contributed by atoms with Crippen molar-refractivity contribution >= 4 is 17.7 Å². The van der Waals surface area contributed by atoms with E-state index in [1.807, 2.05) is 31.2 Å². The quantitative estimate of drug-likeness (QED) is 0.752. The summed E-state index contributed by atoms with van der Waals surface area (Å²) >= 11 is 1.48. The molecule has 0 aliphatic heterocycles. The minimum absolute atomic E-state index is 0.0102. The summed E-state index contributed by atoms with van der Waals surface area (Å²) in [4.78, 5) is 12.7. The van der Waals surface area contributed by atoms with Gasteiger partial charge in [0, 0.05) is 10.9 Å². The lowest BCUT2D eigenvalue weighted by atomic mass is 10.1. The van der Waals surface area contributed by atoms with Crippen LogP contribution in [-0.2, 0) is 4.79 Å². The zero-order valence-corrected chi connectivity index (χ0v) is 12.4. The van der Waals surface area contributed by atoms with Crippen molar-refractivity contribution < 1.29 is 14.6 Å². The molecule has 106 valence electrons. The van der Waals surface area contributed by atoms with E-state index in [-0.39, 0.29) is 11.9 Å². The molecule has 0 saturated carbocycles. The van der Waals surface area contributed by atoms with Crippen LogP contribution in [-0.4, -0.2) is 36.0 Å². The fourth-order valence-electron chi connectivity index (χ4n) is 1.71. The molecule has 1 amide bonds. The normalized spacial score (nSPS) is 13.7. The SMILES string of the molecule is COc1ccc(SCC(=O)NC(C)CC(C)O)cc1. The highest BCUT2D eigenvalue weighted by Gasteiger charge is 2.10. The Morgan fingerprint density at radius 2 is 2.00 bits per heavy atom. The van der Waals surface area contributed by atoms with Crippen LogP contribution in [0.4, 0.5) is 0 Å². The number of amides is 1. The van der Waals surface area contributed by atoms with Gasteiger partial charge in [-0.25, -0.2) is 0 Å². The minimum Gasteiger partial charge on any atom is -0.497 e. The van der Waals surface area contributed by atoms with Gasteiger partial charge in [-0.15, -0.1) is 11.8 Å².